The molecule has 0 spiro atoms. The molecule has 0 aromatic heterocycles. The third-order valence-electron chi connectivity index (χ3n) is 2.39. The minimum atomic E-state index is 0.574. The first-order valence-electron chi connectivity index (χ1n) is 4.06. The molecule has 0 bridgehead atoms. The van der Waals surface area contributed by atoms with Crippen LogP contribution in [0.5, 0.6) is 0 Å². The molecule has 2 nitrogen and oxygen atoms in total. The van der Waals surface area contributed by atoms with Gasteiger partial charge >= 0.3 is 0 Å². The van der Waals surface area contributed by atoms with Gasteiger partial charge in [0.25, 0.3) is 0 Å². The summed E-state index contributed by atoms with van der Waals surface area (Å²) >= 11 is 0. The Balaban J connectivity index is 2.22. The third kappa shape index (κ3) is 1.49. The largest absolute Gasteiger partial charge is 0.411 e. The highest BCUT2D eigenvalue weighted by atomic mass is 16.4. The van der Waals surface area contributed by atoms with E-state index in [-0.39, 0.29) is 0 Å². The first-order chi connectivity index (χ1) is 4.88. The smallest absolute Gasteiger partial charge is 0.0469 e. The van der Waals surface area contributed by atoms with Gasteiger partial charge in [0.2, 0.25) is 0 Å². The molecular weight excluding hydrogens is 126 g/mol. The number of rotatable bonds is 3. The Morgan fingerprint density at radius 1 is 1.60 bits per heavy atom. The fourth-order valence-electron chi connectivity index (χ4n) is 1.61. The molecule has 1 saturated carbocycles. The summed E-state index contributed by atoms with van der Waals surface area (Å²) in [5.41, 5.74) is 0. The third-order valence-corrected chi connectivity index (χ3v) is 2.39. The van der Waals surface area contributed by atoms with Crippen molar-refractivity contribution in [1.82, 2.24) is 0 Å². The highest BCUT2D eigenvalue weighted by Crippen LogP contribution is 2.35. The van der Waals surface area contributed by atoms with E-state index in [1.165, 1.54) is 25.7 Å². The van der Waals surface area contributed by atoms with E-state index >= 15 is 0 Å². The fraction of sp³-hybridized carbons (Fsp3) is 0.875. The van der Waals surface area contributed by atoms with E-state index in [0.29, 0.717) is 5.92 Å². The average Bonchev–Trinajstić information content (AvgIpc) is 1.93. The molecule has 0 aromatic carbocycles. The molecule has 1 aliphatic rings. The van der Waals surface area contributed by atoms with Crippen LogP contribution in [0.1, 0.15) is 32.6 Å². The Morgan fingerprint density at radius 3 is 2.80 bits per heavy atom. The van der Waals surface area contributed by atoms with Gasteiger partial charge in [0.15, 0.2) is 0 Å². The molecule has 2 atom stereocenters. The van der Waals surface area contributed by atoms with Gasteiger partial charge in [-0.15, -0.1) is 5.16 Å². The maximum atomic E-state index is 8.26. The summed E-state index contributed by atoms with van der Waals surface area (Å²) in [4.78, 5) is 0. The van der Waals surface area contributed by atoms with Crippen LogP contribution in [0.3, 0.4) is 0 Å². The van der Waals surface area contributed by atoms with Crippen molar-refractivity contribution in [2.45, 2.75) is 32.6 Å². The monoisotopic (exact) mass is 141 g/mol. The van der Waals surface area contributed by atoms with Crippen molar-refractivity contribution in [3.05, 3.63) is 0 Å². The second-order valence-electron chi connectivity index (χ2n) is 3.05. The second kappa shape index (κ2) is 3.59. The zero-order chi connectivity index (χ0) is 7.40. The lowest BCUT2D eigenvalue weighted by molar-refractivity contribution is 0.225. The molecule has 58 valence electrons. The molecule has 1 rings (SSSR count). The maximum absolute atomic E-state index is 8.26. The van der Waals surface area contributed by atoms with Crippen molar-refractivity contribution in [3.63, 3.8) is 0 Å². The van der Waals surface area contributed by atoms with Crippen LogP contribution < -0.4 is 0 Å². The van der Waals surface area contributed by atoms with Crippen molar-refractivity contribution in [2.75, 3.05) is 0 Å². The zero-order valence-corrected chi connectivity index (χ0v) is 6.45. The Hall–Kier alpha value is -0.530. The van der Waals surface area contributed by atoms with Gasteiger partial charge in [-0.25, -0.2) is 0 Å². The van der Waals surface area contributed by atoms with Gasteiger partial charge in [-0.05, 0) is 18.8 Å². The van der Waals surface area contributed by atoms with Crippen molar-refractivity contribution in [2.24, 2.45) is 17.0 Å². The molecule has 2 heteroatoms. The van der Waals surface area contributed by atoms with Gasteiger partial charge in [0.1, 0.15) is 0 Å². The van der Waals surface area contributed by atoms with Gasteiger partial charge < -0.3 is 5.21 Å². The van der Waals surface area contributed by atoms with E-state index in [9.17, 15) is 0 Å². The Kier molecular flexibility index (Phi) is 2.72. The summed E-state index contributed by atoms with van der Waals surface area (Å²) < 4.78 is 0. The van der Waals surface area contributed by atoms with Crippen molar-refractivity contribution >= 4 is 6.21 Å². The van der Waals surface area contributed by atoms with Crippen LogP contribution in [-0.4, -0.2) is 11.4 Å². The minimum Gasteiger partial charge on any atom is -0.411 e. The molecule has 1 fully saturated rings. The van der Waals surface area contributed by atoms with E-state index in [1.807, 2.05) is 0 Å². The standard InChI is InChI=1S/C8H15NO/c1-2-3-7-4-5-8(7)6-9-10/h6-8,10H,2-5H2,1H3/t7?,8-/m0/s1. The van der Waals surface area contributed by atoms with Crippen molar-refractivity contribution in [3.8, 4) is 0 Å². The molecule has 0 amide bonds. The Labute approximate surface area is 61.9 Å². The predicted molar refractivity (Wildman–Crippen MR) is 41.4 cm³/mol. The minimum absolute atomic E-state index is 0.574. The number of nitrogens with zero attached hydrogens (tertiary/aromatic N) is 1. The summed E-state index contributed by atoms with van der Waals surface area (Å²) in [6, 6.07) is 0. The van der Waals surface area contributed by atoms with Gasteiger partial charge in [-0.2, -0.15) is 0 Å². The van der Waals surface area contributed by atoms with Gasteiger partial charge in [0, 0.05) is 12.1 Å². The summed E-state index contributed by atoms with van der Waals surface area (Å²) in [5, 5.41) is 11.3. The SMILES string of the molecule is CCCC1CC[C@H]1C=NO. The molecule has 1 unspecified atom stereocenters. The summed E-state index contributed by atoms with van der Waals surface area (Å²) in [7, 11) is 0. The molecule has 1 aliphatic carbocycles. The predicted octanol–water partition coefficient (Wildman–Crippen LogP) is 2.27. The quantitative estimate of drug-likeness (QED) is 0.365. The van der Waals surface area contributed by atoms with Crippen LogP contribution in [0.2, 0.25) is 0 Å². The van der Waals surface area contributed by atoms with Crippen LogP contribution in [0.25, 0.3) is 0 Å². The molecule has 0 aromatic rings. The van der Waals surface area contributed by atoms with E-state index in [0.717, 1.165) is 5.92 Å². The Morgan fingerprint density at radius 2 is 2.40 bits per heavy atom. The zero-order valence-electron chi connectivity index (χ0n) is 6.45. The van der Waals surface area contributed by atoms with Crippen LogP contribution in [0.15, 0.2) is 5.16 Å². The van der Waals surface area contributed by atoms with Crippen LogP contribution in [-0.2, 0) is 0 Å². The fourth-order valence-corrected chi connectivity index (χ4v) is 1.61. The van der Waals surface area contributed by atoms with Crippen molar-refractivity contribution < 1.29 is 5.21 Å². The van der Waals surface area contributed by atoms with E-state index in [1.54, 1.807) is 6.21 Å². The van der Waals surface area contributed by atoms with Crippen LogP contribution >= 0.6 is 0 Å². The molecule has 0 radical (unpaired) electrons. The molecule has 0 aliphatic heterocycles. The molecular formula is C8H15NO. The number of hydrogen-bond acceptors (Lipinski definition) is 2. The van der Waals surface area contributed by atoms with E-state index < -0.39 is 0 Å². The molecule has 10 heavy (non-hydrogen) atoms. The van der Waals surface area contributed by atoms with Gasteiger partial charge in [-0.3, -0.25) is 0 Å². The number of hydrogen-bond donors (Lipinski definition) is 1. The number of oxime groups is 1. The average molecular weight is 141 g/mol. The lowest BCUT2D eigenvalue weighted by Gasteiger charge is -2.33. The first kappa shape index (κ1) is 7.58. The van der Waals surface area contributed by atoms with Crippen molar-refractivity contribution in [1.29, 1.82) is 0 Å². The van der Waals surface area contributed by atoms with E-state index in [4.69, 9.17) is 5.21 Å². The highest BCUT2D eigenvalue weighted by molar-refractivity contribution is 5.61. The van der Waals surface area contributed by atoms with Crippen LogP contribution in [0.4, 0.5) is 0 Å². The Bertz CT molecular complexity index is 122. The normalized spacial score (nSPS) is 32.5. The second-order valence-corrected chi connectivity index (χ2v) is 3.05. The molecule has 0 heterocycles. The molecule has 0 saturated heterocycles. The maximum Gasteiger partial charge on any atom is 0.0469 e. The first-order valence-corrected chi connectivity index (χ1v) is 4.06. The lowest BCUT2D eigenvalue weighted by atomic mass is 9.72. The van der Waals surface area contributed by atoms with Gasteiger partial charge in [-0.1, -0.05) is 19.8 Å². The summed E-state index contributed by atoms with van der Waals surface area (Å²) in [6.07, 6.45) is 6.76. The highest BCUT2D eigenvalue weighted by Gasteiger charge is 2.28. The summed E-state index contributed by atoms with van der Waals surface area (Å²) in [6.45, 7) is 2.20. The van der Waals surface area contributed by atoms with E-state index in [2.05, 4.69) is 12.1 Å². The van der Waals surface area contributed by atoms with Crippen LogP contribution in [0, 0.1) is 11.8 Å². The van der Waals surface area contributed by atoms with Gasteiger partial charge in [0.05, 0.1) is 0 Å². The lowest BCUT2D eigenvalue weighted by Crippen LogP contribution is -2.26. The summed E-state index contributed by atoms with van der Waals surface area (Å²) in [5.74, 6) is 1.38. The molecule has 1 N–H and O–H groups in total. The topological polar surface area (TPSA) is 32.6 Å².